The predicted molar refractivity (Wildman–Crippen MR) is 65.5 cm³/mol. The molecule has 1 saturated carbocycles. The van der Waals surface area contributed by atoms with E-state index in [9.17, 15) is 8.42 Å². The first-order valence-electron chi connectivity index (χ1n) is 5.30. The number of hydrogen-bond donors (Lipinski definition) is 2. The highest BCUT2D eigenvalue weighted by atomic mass is 32.2. The Morgan fingerprint density at radius 3 is 2.81 bits per heavy atom. The summed E-state index contributed by atoms with van der Waals surface area (Å²) in [5.41, 5.74) is 5.64. The Labute approximate surface area is 99.1 Å². The summed E-state index contributed by atoms with van der Waals surface area (Å²) in [7, 11) is -3.25. The van der Waals surface area contributed by atoms with E-state index in [-0.39, 0.29) is 16.0 Å². The highest BCUT2D eigenvalue weighted by Crippen LogP contribution is 2.40. The summed E-state index contributed by atoms with van der Waals surface area (Å²) in [4.78, 5) is 0.216. The highest BCUT2D eigenvalue weighted by Gasteiger charge is 2.40. The molecule has 16 heavy (non-hydrogen) atoms. The number of sulfone groups is 1. The van der Waals surface area contributed by atoms with E-state index >= 15 is 0 Å². The van der Waals surface area contributed by atoms with Gasteiger partial charge in [0.1, 0.15) is 9.90 Å². The van der Waals surface area contributed by atoms with E-state index in [1.807, 2.05) is 6.92 Å². The lowest BCUT2D eigenvalue weighted by atomic mass is 10.5. The average Bonchev–Trinajstić information content (AvgIpc) is 3.01. The van der Waals surface area contributed by atoms with Crippen LogP contribution in [-0.4, -0.2) is 24.6 Å². The zero-order valence-electron chi connectivity index (χ0n) is 9.06. The van der Waals surface area contributed by atoms with Crippen molar-refractivity contribution in [2.75, 3.05) is 17.6 Å². The van der Waals surface area contributed by atoms with E-state index in [0.29, 0.717) is 5.00 Å². The maximum atomic E-state index is 12.1. The number of aromatic nitrogens is 1. The van der Waals surface area contributed by atoms with Crippen molar-refractivity contribution in [2.24, 2.45) is 0 Å². The van der Waals surface area contributed by atoms with Crippen LogP contribution in [-0.2, 0) is 9.84 Å². The first-order valence-corrected chi connectivity index (χ1v) is 7.62. The molecule has 0 spiro atoms. The quantitative estimate of drug-likeness (QED) is 0.838. The zero-order valence-corrected chi connectivity index (χ0v) is 10.7. The topological polar surface area (TPSA) is 85.1 Å². The zero-order chi connectivity index (χ0) is 11.8. The Kier molecular flexibility index (Phi) is 3.07. The molecule has 0 atom stereocenters. The van der Waals surface area contributed by atoms with Crippen molar-refractivity contribution in [3.05, 3.63) is 0 Å². The fourth-order valence-corrected chi connectivity index (χ4v) is 4.38. The van der Waals surface area contributed by atoms with Crippen molar-refractivity contribution in [1.82, 2.24) is 4.37 Å². The van der Waals surface area contributed by atoms with Gasteiger partial charge in [-0.1, -0.05) is 6.92 Å². The molecule has 0 aliphatic heterocycles. The number of nitrogen functional groups attached to an aromatic ring is 1. The van der Waals surface area contributed by atoms with Crippen LogP contribution in [0.3, 0.4) is 0 Å². The molecule has 1 fully saturated rings. The Hall–Kier alpha value is -0.820. The van der Waals surface area contributed by atoms with Crippen molar-refractivity contribution in [1.29, 1.82) is 0 Å². The molecule has 0 saturated heterocycles. The number of anilines is 2. The van der Waals surface area contributed by atoms with Gasteiger partial charge in [0, 0.05) is 6.54 Å². The standard InChI is InChI=1S/C9H15N3O2S2/c1-2-5-11-9-7(8(10)12-15-9)16(13,14)6-3-4-6/h6,11H,2-5H2,1H3,(H2,10,12). The van der Waals surface area contributed by atoms with E-state index < -0.39 is 9.84 Å². The van der Waals surface area contributed by atoms with Crippen molar-refractivity contribution in [2.45, 2.75) is 36.3 Å². The van der Waals surface area contributed by atoms with Gasteiger partial charge in [-0.25, -0.2) is 8.42 Å². The van der Waals surface area contributed by atoms with Crippen LogP contribution in [0.1, 0.15) is 26.2 Å². The van der Waals surface area contributed by atoms with Crippen molar-refractivity contribution < 1.29 is 8.42 Å². The number of nitrogens with zero attached hydrogens (tertiary/aromatic N) is 1. The van der Waals surface area contributed by atoms with Crippen LogP contribution in [0.15, 0.2) is 4.90 Å². The van der Waals surface area contributed by atoms with E-state index in [0.717, 1.165) is 37.3 Å². The minimum atomic E-state index is -3.25. The first kappa shape index (κ1) is 11.7. The van der Waals surface area contributed by atoms with Crippen molar-refractivity contribution in [3.8, 4) is 0 Å². The SMILES string of the molecule is CCCNc1snc(N)c1S(=O)(=O)C1CC1. The van der Waals surface area contributed by atoms with Gasteiger partial charge in [0.25, 0.3) is 0 Å². The summed E-state index contributed by atoms with van der Waals surface area (Å²) in [6.45, 7) is 2.75. The molecule has 1 aliphatic rings. The van der Waals surface area contributed by atoms with Crippen LogP contribution >= 0.6 is 11.5 Å². The summed E-state index contributed by atoms with van der Waals surface area (Å²) >= 11 is 1.12. The van der Waals surface area contributed by atoms with Crippen LogP contribution in [0, 0.1) is 0 Å². The third-order valence-corrected chi connectivity index (χ3v) is 5.74. The molecule has 5 nitrogen and oxygen atoms in total. The molecule has 90 valence electrons. The summed E-state index contributed by atoms with van der Waals surface area (Å²) in [6.07, 6.45) is 2.41. The van der Waals surface area contributed by atoms with Crippen LogP contribution in [0.25, 0.3) is 0 Å². The van der Waals surface area contributed by atoms with Crippen molar-refractivity contribution >= 4 is 32.2 Å². The van der Waals surface area contributed by atoms with Gasteiger partial charge in [-0.15, -0.1) is 0 Å². The molecular formula is C9H15N3O2S2. The molecule has 0 amide bonds. The Bertz CT molecular complexity index is 477. The molecule has 0 radical (unpaired) electrons. The number of rotatable bonds is 5. The molecule has 3 N–H and O–H groups in total. The number of nitrogens with two attached hydrogens (primary N) is 1. The molecule has 2 rings (SSSR count). The van der Waals surface area contributed by atoms with Gasteiger partial charge in [-0.2, -0.15) is 4.37 Å². The second kappa shape index (κ2) is 4.21. The fourth-order valence-electron chi connectivity index (χ4n) is 1.47. The lowest BCUT2D eigenvalue weighted by Crippen LogP contribution is -2.11. The second-order valence-electron chi connectivity index (χ2n) is 3.90. The van der Waals surface area contributed by atoms with Crippen LogP contribution in [0.5, 0.6) is 0 Å². The lowest BCUT2D eigenvalue weighted by Gasteiger charge is -2.06. The third-order valence-electron chi connectivity index (χ3n) is 2.46. The third kappa shape index (κ3) is 2.01. The molecular weight excluding hydrogens is 246 g/mol. The molecule has 0 bridgehead atoms. The van der Waals surface area contributed by atoms with Gasteiger partial charge < -0.3 is 11.1 Å². The van der Waals surface area contributed by atoms with Crippen LogP contribution < -0.4 is 11.1 Å². The summed E-state index contributed by atoms with van der Waals surface area (Å²) < 4.78 is 28.1. The summed E-state index contributed by atoms with van der Waals surface area (Å²) in [5.74, 6) is 0.135. The lowest BCUT2D eigenvalue weighted by molar-refractivity contribution is 0.595. The van der Waals surface area contributed by atoms with Gasteiger partial charge in [0.15, 0.2) is 15.7 Å². The van der Waals surface area contributed by atoms with Gasteiger partial charge >= 0.3 is 0 Å². The van der Waals surface area contributed by atoms with E-state index in [2.05, 4.69) is 9.69 Å². The average molecular weight is 261 g/mol. The largest absolute Gasteiger partial charge is 0.382 e. The highest BCUT2D eigenvalue weighted by molar-refractivity contribution is 7.92. The number of nitrogens with one attached hydrogen (secondary N) is 1. The first-order chi connectivity index (χ1) is 7.57. The Morgan fingerprint density at radius 2 is 2.25 bits per heavy atom. The molecule has 7 heteroatoms. The molecule has 0 unspecified atom stereocenters. The molecule has 1 heterocycles. The van der Waals surface area contributed by atoms with E-state index in [1.54, 1.807) is 0 Å². The second-order valence-corrected chi connectivity index (χ2v) is 6.84. The minimum Gasteiger partial charge on any atom is -0.382 e. The number of hydrogen-bond acceptors (Lipinski definition) is 6. The molecule has 1 aromatic heterocycles. The Balaban J connectivity index is 2.34. The minimum absolute atomic E-state index is 0.135. The van der Waals surface area contributed by atoms with E-state index in [4.69, 9.17) is 5.73 Å². The Morgan fingerprint density at radius 1 is 1.56 bits per heavy atom. The van der Waals surface area contributed by atoms with Gasteiger partial charge in [-0.05, 0) is 30.8 Å². The summed E-state index contributed by atoms with van der Waals surface area (Å²) in [6, 6.07) is 0. The van der Waals surface area contributed by atoms with Crippen LogP contribution in [0.2, 0.25) is 0 Å². The molecule has 0 aromatic carbocycles. The summed E-state index contributed by atoms with van der Waals surface area (Å²) in [5, 5.41) is 3.42. The molecule has 1 aliphatic carbocycles. The molecule has 1 aromatic rings. The van der Waals surface area contributed by atoms with Gasteiger partial charge in [-0.3, -0.25) is 0 Å². The maximum Gasteiger partial charge on any atom is 0.187 e. The fraction of sp³-hybridized carbons (Fsp3) is 0.667. The van der Waals surface area contributed by atoms with Crippen LogP contribution in [0.4, 0.5) is 10.8 Å². The van der Waals surface area contributed by atoms with Gasteiger partial charge in [0.05, 0.1) is 5.25 Å². The van der Waals surface area contributed by atoms with Crippen molar-refractivity contribution in [3.63, 3.8) is 0 Å². The monoisotopic (exact) mass is 261 g/mol. The smallest absolute Gasteiger partial charge is 0.187 e. The van der Waals surface area contributed by atoms with E-state index in [1.165, 1.54) is 0 Å². The predicted octanol–water partition coefficient (Wildman–Crippen LogP) is 1.48. The van der Waals surface area contributed by atoms with Gasteiger partial charge in [0.2, 0.25) is 0 Å². The maximum absolute atomic E-state index is 12.1. The normalized spacial score (nSPS) is 16.3.